The zero-order valence-electron chi connectivity index (χ0n) is 16.3. The maximum atomic E-state index is 5.55. The van der Waals surface area contributed by atoms with E-state index in [0.717, 1.165) is 70.7 Å². The van der Waals surface area contributed by atoms with Crippen molar-refractivity contribution in [2.75, 3.05) is 57.4 Å². The quantitative estimate of drug-likeness (QED) is 0.439. The minimum Gasteiger partial charge on any atom is -0.382 e. The third-order valence-corrected chi connectivity index (χ3v) is 5.39. The molecule has 2 fully saturated rings. The van der Waals surface area contributed by atoms with Crippen molar-refractivity contribution in [2.24, 2.45) is 10.4 Å². The molecule has 0 spiro atoms. The molecule has 1 saturated heterocycles. The zero-order valence-corrected chi connectivity index (χ0v) is 16.3. The number of aliphatic imine (C=N–C) groups is 1. The molecule has 0 bridgehead atoms. The molecule has 2 heterocycles. The Morgan fingerprint density at radius 2 is 2.04 bits per heavy atom. The highest BCUT2D eigenvalue weighted by atomic mass is 16.5. The van der Waals surface area contributed by atoms with Crippen LogP contribution in [0.25, 0.3) is 0 Å². The van der Waals surface area contributed by atoms with Gasteiger partial charge in [0, 0.05) is 58.7 Å². The smallest absolute Gasteiger partial charge is 0.194 e. The van der Waals surface area contributed by atoms with Crippen molar-refractivity contribution in [3.8, 4) is 0 Å². The van der Waals surface area contributed by atoms with Crippen molar-refractivity contribution in [1.29, 1.82) is 0 Å². The Kier molecular flexibility index (Phi) is 6.72. The molecule has 2 aliphatic rings. The summed E-state index contributed by atoms with van der Waals surface area (Å²) in [5.41, 5.74) is 0.394. The minimum absolute atomic E-state index is 0.394. The molecule has 6 nitrogen and oxygen atoms in total. The van der Waals surface area contributed by atoms with Gasteiger partial charge in [0.2, 0.25) is 0 Å². The maximum Gasteiger partial charge on any atom is 0.194 e. The van der Waals surface area contributed by atoms with E-state index in [1.54, 1.807) is 0 Å². The summed E-state index contributed by atoms with van der Waals surface area (Å²) in [6.45, 7) is 11.6. The lowest BCUT2D eigenvalue weighted by atomic mass is 10.0. The Hall–Kier alpha value is -1.82. The molecule has 0 aromatic carbocycles. The Morgan fingerprint density at radius 3 is 2.65 bits per heavy atom. The van der Waals surface area contributed by atoms with E-state index in [4.69, 9.17) is 9.73 Å². The van der Waals surface area contributed by atoms with Crippen LogP contribution in [0.2, 0.25) is 0 Å². The number of ether oxygens (including phenoxy) is 1. The molecule has 1 aromatic heterocycles. The van der Waals surface area contributed by atoms with E-state index in [-0.39, 0.29) is 0 Å². The average Bonchev–Trinajstić information content (AvgIpc) is 3.46. The molecule has 0 atom stereocenters. The van der Waals surface area contributed by atoms with Crippen molar-refractivity contribution in [1.82, 2.24) is 15.2 Å². The third-order valence-electron chi connectivity index (χ3n) is 5.39. The van der Waals surface area contributed by atoms with Gasteiger partial charge in [0.1, 0.15) is 5.82 Å². The number of hydrogen-bond donors (Lipinski definition) is 1. The van der Waals surface area contributed by atoms with Crippen LogP contribution in [0, 0.1) is 5.41 Å². The number of hydrogen-bond acceptors (Lipinski definition) is 4. The highest BCUT2D eigenvalue weighted by Gasteiger charge is 2.42. The molecule has 26 heavy (non-hydrogen) atoms. The van der Waals surface area contributed by atoms with Crippen LogP contribution < -0.4 is 10.2 Å². The topological polar surface area (TPSA) is 53.0 Å². The van der Waals surface area contributed by atoms with Gasteiger partial charge in [-0.2, -0.15) is 0 Å². The van der Waals surface area contributed by atoms with Crippen LogP contribution in [-0.2, 0) is 4.74 Å². The summed E-state index contributed by atoms with van der Waals surface area (Å²) in [6.07, 6.45) is 5.58. The van der Waals surface area contributed by atoms with Crippen molar-refractivity contribution in [3.63, 3.8) is 0 Å². The lowest BCUT2D eigenvalue weighted by Crippen LogP contribution is -2.52. The first-order valence-electron chi connectivity index (χ1n) is 10.0. The van der Waals surface area contributed by atoms with E-state index in [9.17, 15) is 0 Å². The monoisotopic (exact) mass is 359 g/mol. The summed E-state index contributed by atoms with van der Waals surface area (Å²) in [5, 5.41) is 3.49. The van der Waals surface area contributed by atoms with Gasteiger partial charge in [-0.25, -0.2) is 4.98 Å². The molecule has 144 valence electrons. The molecule has 1 N–H and O–H groups in total. The Morgan fingerprint density at radius 1 is 1.23 bits per heavy atom. The van der Waals surface area contributed by atoms with E-state index in [1.807, 2.05) is 12.3 Å². The number of aromatic nitrogens is 1. The van der Waals surface area contributed by atoms with Crippen molar-refractivity contribution in [2.45, 2.75) is 33.1 Å². The van der Waals surface area contributed by atoms with E-state index in [1.165, 1.54) is 12.8 Å². The molecule has 1 saturated carbocycles. The number of piperazine rings is 1. The van der Waals surface area contributed by atoms with Crippen LogP contribution in [0.3, 0.4) is 0 Å². The fraction of sp³-hybridized carbons (Fsp3) is 0.700. The Balaban J connectivity index is 1.53. The molecule has 3 rings (SSSR count). The highest BCUT2D eigenvalue weighted by molar-refractivity contribution is 5.80. The van der Waals surface area contributed by atoms with Crippen molar-refractivity contribution >= 4 is 11.8 Å². The fourth-order valence-electron chi connectivity index (χ4n) is 3.45. The molecule has 0 amide bonds. The number of rotatable bonds is 8. The zero-order chi connectivity index (χ0) is 18.2. The van der Waals surface area contributed by atoms with Gasteiger partial charge < -0.3 is 19.9 Å². The Labute approximate surface area is 157 Å². The first kappa shape index (κ1) is 19.0. The largest absolute Gasteiger partial charge is 0.382 e. The summed E-state index contributed by atoms with van der Waals surface area (Å²) in [7, 11) is 0. The van der Waals surface area contributed by atoms with Gasteiger partial charge in [0.05, 0.1) is 0 Å². The van der Waals surface area contributed by atoms with Crippen LogP contribution in [0.4, 0.5) is 5.82 Å². The van der Waals surface area contributed by atoms with Crippen molar-refractivity contribution < 1.29 is 4.74 Å². The summed E-state index contributed by atoms with van der Waals surface area (Å²) >= 11 is 0. The van der Waals surface area contributed by atoms with Gasteiger partial charge in [-0.05, 0) is 50.7 Å². The first-order chi connectivity index (χ1) is 12.8. The minimum atomic E-state index is 0.394. The van der Waals surface area contributed by atoms with Gasteiger partial charge in [0.25, 0.3) is 0 Å². The summed E-state index contributed by atoms with van der Waals surface area (Å²) in [5.74, 6) is 2.14. The number of pyridine rings is 1. The standard InChI is InChI=1S/C20H33N5O/c1-3-21-19(23-17-20(8-9-20)10-16-26-4-2)25-14-12-24(13-15-25)18-7-5-6-11-22-18/h5-7,11H,3-4,8-10,12-17H2,1-2H3,(H,21,23). The second kappa shape index (κ2) is 9.21. The lowest BCUT2D eigenvalue weighted by molar-refractivity contribution is 0.129. The van der Waals surface area contributed by atoms with Gasteiger partial charge in [-0.15, -0.1) is 0 Å². The molecule has 0 unspecified atom stereocenters. The summed E-state index contributed by atoms with van der Waals surface area (Å²) in [4.78, 5) is 14.2. The second-order valence-electron chi connectivity index (χ2n) is 7.28. The molecule has 1 aromatic rings. The molecular formula is C20H33N5O. The molecule has 1 aliphatic heterocycles. The number of nitrogens with zero attached hydrogens (tertiary/aromatic N) is 4. The predicted octanol–water partition coefficient (Wildman–Crippen LogP) is 2.38. The van der Waals surface area contributed by atoms with Gasteiger partial charge in [0.15, 0.2) is 5.96 Å². The normalized spacial score (nSPS) is 19.5. The average molecular weight is 360 g/mol. The van der Waals surface area contributed by atoms with E-state index < -0.39 is 0 Å². The van der Waals surface area contributed by atoms with E-state index >= 15 is 0 Å². The number of anilines is 1. The second-order valence-corrected chi connectivity index (χ2v) is 7.28. The third kappa shape index (κ3) is 5.10. The first-order valence-corrected chi connectivity index (χ1v) is 10.0. The van der Waals surface area contributed by atoms with Crippen molar-refractivity contribution in [3.05, 3.63) is 24.4 Å². The lowest BCUT2D eigenvalue weighted by Gasteiger charge is -2.37. The number of nitrogens with one attached hydrogen (secondary N) is 1. The maximum absolute atomic E-state index is 5.55. The summed E-state index contributed by atoms with van der Waals surface area (Å²) in [6, 6.07) is 6.11. The SMILES string of the molecule is CCNC(=NCC1(CCOCC)CC1)N1CCN(c2ccccn2)CC1. The molecule has 1 aliphatic carbocycles. The van der Waals surface area contributed by atoms with Gasteiger partial charge in [-0.1, -0.05) is 6.07 Å². The molecule has 6 heteroatoms. The van der Waals surface area contributed by atoms with E-state index in [2.05, 4.69) is 46.1 Å². The Bertz CT molecular complexity index is 565. The number of guanidine groups is 1. The predicted molar refractivity (Wildman–Crippen MR) is 107 cm³/mol. The van der Waals surface area contributed by atoms with E-state index in [0.29, 0.717) is 5.41 Å². The van der Waals surface area contributed by atoms with Gasteiger partial charge in [-0.3, -0.25) is 4.99 Å². The van der Waals surface area contributed by atoms with Crippen LogP contribution in [0.15, 0.2) is 29.4 Å². The fourth-order valence-corrected chi connectivity index (χ4v) is 3.45. The van der Waals surface area contributed by atoms with Crippen LogP contribution in [0.1, 0.15) is 33.1 Å². The highest BCUT2D eigenvalue weighted by Crippen LogP contribution is 2.49. The van der Waals surface area contributed by atoms with Crippen LogP contribution in [0.5, 0.6) is 0 Å². The van der Waals surface area contributed by atoms with Crippen LogP contribution in [-0.4, -0.2) is 68.3 Å². The summed E-state index contributed by atoms with van der Waals surface area (Å²) < 4.78 is 5.55. The molecular weight excluding hydrogens is 326 g/mol. The molecule has 0 radical (unpaired) electrons. The van der Waals surface area contributed by atoms with Gasteiger partial charge >= 0.3 is 0 Å². The van der Waals surface area contributed by atoms with Crippen LogP contribution >= 0.6 is 0 Å².